The van der Waals surface area contributed by atoms with Gasteiger partial charge in [0.25, 0.3) is 0 Å². The second-order valence-electron chi connectivity index (χ2n) is 4.62. The van der Waals surface area contributed by atoms with E-state index in [0.29, 0.717) is 0 Å². The van der Waals surface area contributed by atoms with Crippen molar-refractivity contribution >= 4 is 5.91 Å². The summed E-state index contributed by atoms with van der Waals surface area (Å²) in [7, 11) is 1.59. The molecule has 94 valence electrons. The average Bonchev–Trinajstić information content (AvgIpc) is 2.26. The van der Waals surface area contributed by atoms with E-state index in [1.54, 1.807) is 21.0 Å². The minimum Gasteiger partial charge on any atom is -0.497 e. The van der Waals surface area contributed by atoms with E-state index in [1.165, 1.54) is 0 Å². The zero-order chi connectivity index (χ0) is 12.9. The monoisotopic (exact) mass is 237 g/mol. The molecule has 0 saturated heterocycles. The predicted molar refractivity (Wildman–Crippen MR) is 66.0 cm³/mol. The molecule has 1 aromatic carbocycles. The first kappa shape index (κ1) is 13.5. The van der Waals surface area contributed by atoms with Gasteiger partial charge in [0.15, 0.2) is 0 Å². The van der Waals surface area contributed by atoms with Gasteiger partial charge in [0.05, 0.1) is 19.1 Å². The lowest BCUT2D eigenvalue weighted by molar-refractivity contribution is -0.121. The third-order valence-electron chi connectivity index (χ3n) is 2.22. The summed E-state index contributed by atoms with van der Waals surface area (Å²) in [5, 5.41) is 12.2. The molecule has 2 N–H and O–H groups in total. The molecule has 0 aliphatic heterocycles. The van der Waals surface area contributed by atoms with E-state index in [9.17, 15) is 9.90 Å². The first-order valence-corrected chi connectivity index (χ1v) is 5.53. The summed E-state index contributed by atoms with van der Waals surface area (Å²) in [6, 6.07) is 7.37. The van der Waals surface area contributed by atoms with Crippen molar-refractivity contribution in [3.05, 3.63) is 29.8 Å². The van der Waals surface area contributed by atoms with E-state index < -0.39 is 5.60 Å². The second kappa shape index (κ2) is 5.68. The molecule has 0 atom stereocenters. The van der Waals surface area contributed by atoms with Crippen molar-refractivity contribution in [2.24, 2.45) is 0 Å². The lowest BCUT2D eigenvalue weighted by Gasteiger charge is -2.17. The van der Waals surface area contributed by atoms with Gasteiger partial charge in [-0.1, -0.05) is 12.1 Å². The maximum atomic E-state index is 11.6. The quantitative estimate of drug-likeness (QED) is 0.807. The molecular weight excluding hydrogens is 218 g/mol. The van der Waals surface area contributed by atoms with Crippen LogP contribution in [0.5, 0.6) is 5.75 Å². The lowest BCUT2D eigenvalue weighted by Crippen LogP contribution is -2.38. The SMILES string of the molecule is COc1cccc(CC(=O)NCC(C)(C)O)c1. The normalized spacial score (nSPS) is 11.1. The van der Waals surface area contributed by atoms with Crippen LogP contribution < -0.4 is 10.1 Å². The highest BCUT2D eigenvalue weighted by Crippen LogP contribution is 2.12. The smallest absolute Gasteiger partial charge is 0.224 e. The van der Waals surface area contributed by atoms with E-state index >= 15 is 0 Å². The number of amides is 1. The van der Waals surface area contributed by atoms with Crippen LogP contribution in [0.3, 0.4) is 0 Å². The number of hydrogen-bond donors (Lipinski definition) is 2. The molecule has 4 heteroatoms. The van der Waals surface area contributed by atoms with Crippen LogP contribution in [0.25, 0.3) is 0 Å². The minimum absolute atomic E-state index is 0.111. The Morgan fingerprint density at radius 2 is 2.18 bits per heavy atom. The van der Waals surface area contributed by atoms with Crippen molar-refractivity contribution in [3.8, 4) is 5.75 Å². The number of rotatable bonds is 5. The molecule has 4 nitrogen and oxygen atoms in total. The van der Waals surface area contributed by atoms with E-state index in [1.807, 2.05) is 24.3 Å². The molecule has 0 spiro atoms. The van der Waals surface area contributed by atoms with Crippen LogP contribution in [0.15, 0.2) is 24.3 Å². The fraction of sp³-hybridized carbons (Fsp3) is 0.462. The van der Waals surface area contributed by atoms with Crippen molar-refractivity contribution in [1.29, 1.82) is 0 Å². The van der Waals surface area contributed by atoms with Crippen LogP contribution in [-0.2, 0) is 11.2 Å². The van der Waals surface area contributed by atoms with Gasteiger partial charge in [0.2, 0.25) is 5.91 Å². The Kier molecular flexibility index (Phi) is 4.52. The highest BCUT2D eigenvalue weighted by molar-refractivity contribution is 5.78. The summed E-state index contributed by atoms with van der Waals surface area (Å²) in [4.78, 5) is 11.6. The van der Waals surface area contributed by atoms with Crippen molar-refractivity contribution < 1.29 is 14.6 Å². The second-order valence-corrected chi connectivity index (χ2v) is 4.62. The van der Waals surface area contributed by atoms with Gasteiger partial charge in [0.1, 0.15) is 5.75 Å². The minimum atomic E-state index is -0.885. The zero-order valence-electron chi connectivity index (χ0n) is 10.5. The Balaban J connectivity index is 2.50. The van der Waals surface area contributed by atoms with Gasteiger partial charge in [-0.2, -0.15) is 0 Å². The van der Waals surface area contributed by atoms with Crippen LogP contribution in [0.1, 0.15) is 19.4 Å². The topological polar surface area (TPSA) is 58.6 Å². The fourth-order valence-electron chi connectivity index (χ4n) is 1.35. The van der Waals surface area contributed by atoms with E-state index in [2.05, 4.69) is 5.32 Å². The summed E-state index contributed by atoms with van der Waals surface area (Å²) < 4.78 is 5.08. The van der Waals surface area contributed by atoms with Crippen molar-refractivity contribution in [3.63, 3.8) is 0 Å². The Bertz CT molecular complexity index is 382. The van der Waals surface area contributed by atoms with E-state index in [4.69, 9.17) is 4.74 Å². The van der Waals surface area contributed by atoms with Crippen LogP contribution in [-0.4, -0.2) is 30.3 Å². The summed E-state index contributed by atoms with van der Waals surface area (Å²) >= 11 is 0. The predicted octanol–water partition coefficient (Wildman–Crippen LogP) is 1.12. The van der Waals surface area contributed by atoms with Crippen molar-refractivity contribution in [2.75, 3.05) is 13.7 Å². The molecule has 17 heavy (non-hydrogen) atoms. The summed E-state index contributed by atoms with van der Waals surface area (Å²) in [5.74, 6) is 0.623. The standard InChI is InChI=1S/C13H19NO3/c1-13(2,16)9-14-12(15)8-10-5-4-6-11(7-10)17-3/h4-7,16H,8-9H2,1-3H3,(H,14,15). The largest absolute Gasteiger partial charge is 0.497 e. The highest BCUT2D eigenvalue weighted by Gasteiger charge is 2.13. The van der Waals surface area contributed by atoms with Crippen molar-refractivity contribution in [2.45, 2.75) is 25.9 Å². The van der Waals surface area contributed by atoms with Crippen LogP contribution in [0.2, 0.25) is 0 Å². The number of benzene rings is 1. The van der Waals surface area contributed by atoms with Crippen molar-refractivity contribution in [1.82, 2.24) is 5.32 Å². The first-order chi connectivity index (χ1) is 7.90. The Morgan fingerprint density at radius 1 is 1.47 bits per heavy atom. The number of carbonyl (C=O) groups excluding carboxylic acids is 1. The fourth-order valence-corrected chi connectivity index (χ4v) is 1.35. The average molecular weight is 237 g/mol. The van der Waals surface area contributed by atoms with Gasteiger partial charge in [-0.15, -0.1) is 0 Å². The van der Waals surface area contributed by atoms with Gasteiger partial charge in [-0.05, 0) is 31.5 Å². The van der Waals surface area contributed by atoms with Gasteiger partial charge in [-0.3, -0.25) is 4.79 Å². The Labute approximate surface area is 102 Å². The van der Waals surface area contributed by atoms with E-state index in [-0.39, 0.29) is 18.9 Å². The van der Waals surface area contributed by atoms with Crippen LogP contribution in [0.4, 0.5) is 0 Å². The Hall–Kier alpha value is -1.55. The molecule has 0 unspecified atom stereocenters. The van der Waals surface area contributed by atoms with Crippen LogP contribution >= 0.6 is 0 Å². The number of aliphatic hydroxyl groups is 1. The molecule has 0 fully saturated rings. The summed E-state index contributed by atoms with van der Waals surface area (Å²) in [6.07, 6.45) is 0.285. The molecule has 0 bridgehead atoms. The third-order valence-corrected chi connectivity index (χ3v) is 2.22. The molecular formula is C13H19NO3. The summed E-state index contributed by atoms with van der Waals surface area (Å²) in [5.41, 5.74) is 0.00178. The Morgan fingerprint density at radius 3 is 2.76 bits per heavy atom. The maximum Gasteiger partial charge on any atom is 0.224 e. The number of methoxy groups -OCH3 is 1. The van der Waals surface area contributed by atoms with Gasteiger partial charge < -0.3 is 15.2 Å². The molecule has 1 amide bonds. The molecule has 0 aliphatic rings. The zero-order valence-corrected chi connectivity index (χ0v) is 10.5. The molecule has 0 saturated carbocycles. The van der Waals surface area contributed by atoms with Gasteiger partial charge in [-0.25, -0.2) is 0 Å². The molecule has 0 aliphatic carbocycles. The number of ether oxygens (including phenoxy) is 1. The van der Waals surface area contributed by atoms with Crippen LogP contribution in [0, 0.1) is 0 Å². The summed E-state index contributed by atoms with van der Waals surface area (Å²) in [6.45, 7) is 3.55. The third kappa shape index (κ3) is 5.36. The number of carbonyl (C=O) groups is 1. The first-order valence-electron chi connectivity index (χ1n) is 5.53. The molecule has 0 aromatic heterocycles. The number of hydrogen-bond acceptors (Lipinski definition) is 3. The highest BCUT2D eigenvalue weighted by atomic mass is 16.5. The molecule has 1 aromatic rings. The maximum absolute atomic E-state index is 11.6. The van der Waals surface area contributed by atoms with Gasteiger partial charge in [0, 0.05) is 6.54 Å². The number of nitrogens with one attached hydrogen (secondary N) is 1. The van der Waals surface area contributed by atoms with E-state index in [0.717, 1.165) is 11.3 Å². The molecule has 0 radical (unpaired) electrons. The van der Waals surface area contributed by atoms with Gasteiger partial charge >= 0.3 is 0 Å². The lowest BCUT2D eigenvalue weighted by atomic mass is 10.1. The molecule has 0 heterocycles. The molecule has 1 rings (SSSR count).